The van der Waals surface area contributed by atoms with E-state index in [1.54, 1.807) is 18.3 Å². The molecule has 0 bridgehead atoms. The second-order valence-electron chi connectivity index (χ2n) is 5.49. The van der Waals surface area contributed by atoms with Gasteiger partial charge in [-0.1, -0.05) is 12.1 Å². The summed E-state index contributed by atoms with van der Waals surface area (Å²) in [5, 5.41) is 10.2. The Bertz CT molecular complexity index is 1270. The van der Waals surface area contributed by atoms with Gasteiger partial charge in [-0.05, 0) is 24.3 Å². The summed E-state index contributed by atoms with van der Waals surface area (Å²) in [6.07, 6.45) is 3.14. The third-order valence-corrected chi connectivity index (χ3v) is 5.38. The third kappa shape index (κ3) is 2.42. The van der Waals surface area contributed by atoms with Crippen LogP contribution < -0.4 is 4.72 Å². The maximum atomic E-state index is 14.0. The van der Waals surface area contributed by atoms with Crippen LogP contribution in [0.4, 0.5) is 10.1 Å². The minimum absolute atomic E-state index is 0.0164. The zero-order chi connectivity index (χ0) is 17.6. The van der Waals surface area contributed by atoms with E-state index in [1.165, 1.54) is 18.3 Å². The largest absolute Gasteiger partial charge is 0.359 e. The molecule has 0 saturated carbocycles. The number of anilines is 1. The molecule has 0 radical (unpaired) electrons. The average Bonchev–Trinajstić information content (AvgIpc) is 3.22. The normalized spacial score (nSPS) is 11.7. The Balaban J connectivity index is 1.81. The molecule has 2 heterocycles. The number of nitriles is 1. The van der Waals surface area contributed by atoms with Crippen molar-refractivity contribution in [3.05, 3.63) is 60.2 Å². The molecule has 4 aromatic rings. The molecule has 0 atom stereocenters. The molecule has 0 fully saturated rings. The molecule has 0 aliphatic carbocycles. The molecule has 0 aliphatic rings. The highest BCUT2D eigenvalue weighted by Crippen LogP contribution is 2.30. The van der Waals surface area contributed by atoms with E-state index in [9.17, 15) is 12.8 Å². The van der Waals surface area contributed by atoms with Crippen LogP contribution in [0.15, 0.2) is 53.7 Å². The van der Waals surface area contributed by atoms with Crippen LogP contribution in [0.2, 0.25) is 0 Å². The van der Waals surface area contributed by atoms with E-state index in [1.807, 2.05) is 12.1 Å². The number of aromatic nitrogens is 2. The van der Waals surface area contributed by atoms with Gasteiger partial charge < -0.3 is 9.97 Å². The molecular weight excluding hydrogens is 343 g/mol. The topological polar surface area (TPSA) is 102 Å². The molecule has 0 amide bonds. The highest BCUT2D eigenvalue weighted by atomic mass is 32.2. The van der Waals surface area contributed by atoms with Crippen molar-refractivity contribution >= 4 is 37.5 Å². The summed E-state index contributed by atoms with van der Waals surface area (Å²) < 4.78 is 41.6. The van der Waals surface area contributed by atoms with E-state index in [4.69, 9.17) is 5.26 Å². The fraction of sp³-hybridized carbons (Fsp3) is 0. The Labute approximate surface area is 142 Å². The Morgan fingerprint density at radius 1 is 1.08 bits per heavy atom. The van der Waals surface area contributed by atoms with E-state index in [2.05, 4.69) is 14.7 Å². The summed E-state index contributed by atoms with van der Waals surface area (Å²) in [6, 6.07) is 10.7. The number of hydrogen-bond acceptors (Lipinski definition) is 3. The molecule has 25 heavy (non-hydrogen) atoms. The van der Waals surface area contributed by atoms with Crippen LogP contribution in [0, 0.1) is 17.1 Å². The second kappa shape index (κ2) is 5.36. The Hall–Kier alpha value is -3.31. The maximum absolute atomic E-state index is 14.0. The van der Waals surface area contributed by atoms with Gasteiger partial charge in [-0.25, -0.2) is 12.8 Å². The number of rotatable bonds is 3. The first-order valence-electron chi connectivity index (χ1n) is 7.29. The fourth-order valence-corrected chi connectivity index (χ4v) is 4.03. The molecule has 2 aromatic carbocycles. The molecule has 8 heteroatoms. The zero-order valence-corrected chi connectivity index (χ0v) is 13.5. The Morgan fingerprint density at radius 2 is 1.92 bits per heavy atom. The van der Waals surface area contributed by atoms with Crippen molar-refractivity contribution in [3.8, 4) is 6.07 Å². The van der Waals surface area contributed by atoms with Crippen LogP contribution in [-0.4, -0.2) is 18.4 Å². The van der Waals surface area contributed by atoms with Gasteiger partial charge in [-0.15, -0.1) is 0 Å². The summed E-state index contributed by atoms with van der Waals surface area (Å²) in [6.45, 7) is 0. The number of fused-ring (bicyclic) bond motifs is 3. The lowest BCUT2D eigenvalue weighted by molar-refractivity contribution is 0.599. The van der Waals surface area contributed by atoms with Gasteiger partial charge in [0.1, 0.15) is 10.7 Å². The van der Waals surface area contributed by atoms with Crippen molar-refractivity contribution in [2.24, 2.45) is 0 Å². The fourth-order valence-electron chi connectivity index (χ4n) is 2.79. The van der Waals surface area contributed by atoms with Crippen molar-refractivity contribution < 1.29 is 12.8 Å². The van der Waals surface area contributed by atoms with Crippen molar-refractivity contribution in [1.82, 2.24) is 9.97 Å². The van der Waals surface area contributed by atoms with Gasteiger partial charge in [0.05, 0.1) is 28.4 Å². The molecule has 3 N–H and O–H groups in total. The maximum Gasteiger partial charge on any atom is 0.264 e. The van der Waals surface area contributed by atoms with Crippen LogP contribution in [-0.2, 0) is 10.0 Å². The lowest BCUT2D eigenvalue weighted by Crippen LogP contribution is -2.13. The molecule has 6 nitrogen and oxygen atoms in total. The summed E-state index contributed by atoms with van der Waals surface area (Å²) in [7, 11) is -4.01. The standard InChI is InChI=1S/C17H11FN4O2S/c18-13-7-10(8-19)1-4-14(13)22-25(23,24)15-9-21-17-12(15)3-2-11-5-6-20-16(11)17/h1-7,9,20-22H. The van der Waals surface area contributed by atoms with Crippen molar-refractivity contribution in [1.29, 1.82) is 5.26 Å². The van der Waals surface area contributed by atoms with E-state index in [0.717, 1.165) is 17.0 Å². The van der Waals surface area contributed by atoms with Gasteiger partial charge >= 0.3 is 0 Å². The van der Waals surface area contributed by atoms with Crippen molar-refractivity contribution in [2.75, 3.05) is 4.72 Å². The molecule has 4 rings (SSSR count). The molecular formula is C17H11FN4O2S. The SMILES string of the molecule is N#Cc1ccc(NS(=O)(=O)c2c[nH]c3c2ccc2cc[nH]c23)c(F)c1. The quantitative estimate of drug-likeness (QED) is 0.525. The van der Waals surface area contributed by atoms with Crippen molar-refractivity contribution in [2.45, 2.75) is 4.90 Å². The van der Waals surface area contributed by atoms with Crippen LogP contribution in [0.1, 0.15) is 5.56 Å². The van der Waals surface area contributed by atoms with Crippen LogP contribution in [0.3, 0.4) is 0 Å². The lowest BCUT2D eigenvalue weighted by atomic mass is 10.2. The minimum atomic E-state index is -4.01. The lowest BCUT2D eigenvalue weighted by Gasteiger charge is -2.08. The Kier molecular flexibility index (Phi) is 3.26. The number of sulfonamides is 1. The van der Waals surface area contributed by atoms with Gasteiger partial charge in [0.25, 0.3) is 10.0 Å². The molecule has 0 spiro atoms. The van der Waals surface area contributed by atoms with Gasteiger partial charge in [0, 0.05) is 23.2 Å². The predicted molar refractivity (Wildman–Crippen MR) is 92.1 cm³/mol. The number of aromatic amines is 2. The third-order valence-electron chi connectivity index (χ3n) is 3.97. The van der Waals surface area contributed by atoms with Crippen LogP contribution in [0.5, 0.6) is 0 Å². The molecule has 0 unspecified atom stereocenters. The molecule has 0 saturated heterocycles. The second-order valence-corrected chi connectivity index (χ2v) is 7.15. The number of nitrogens with zero attached hydrogens (tertiary/aromatic N) is 1. The van der Waals surface area contributed by atoms with Crippen molar-refractivity contribution in [3.63, 3.8) is 0 Å². The van der Waals surface area contributed by atoms with E-state index in [0.29, 0.717) is 10.9 Å². The first kappa shape index (κ1) is 15.2. The van der Waals surface area contributed by atoms with Gasteiger partial charge in [0.15, 0.2) is 0 Å². The van der Waals surface area contributed by atoms with E-state index in [-0.39, 0.29) is 16.1 Å². The molecule has 2 aromatic heterocycles. The molecule has 0 aliphatic heterocycles. The summed E-state index contributed by atoms with van der Waals surface area (Å²) in [5.41, 5.74) is 1.35. The summed E-state index contributed by atoms with van der Waals surface area (Å²) in [5.74, 6) is -0.811. The minimum Gasteiger partial charge on any atom is -0.359 e. The van der Waals surface area contributed by atoms with Crippen LogP contribution in [0.25, 0.3) is 21.8 Å². The van der Waals surface area contributed by atoms with Crippen LogP contribution >= 0.6 is 0 Å². The average molecular weight is 354 g/mol. The van der Waals surface area contributed by atoms with E-state index < -0.39 is 15.8 Å². The van der Waals surface area contributed by atoms with E-state index >= 15 is 0 Å². The number of hydrogen-bond donors (Lipinski definition) is 3. The number of halogens is 1. The summed E-state index contributed by atoms with van der Waals surface area (Å²) in [4.78, 5) is 6.03. The first-order chi connectivity index (χ1) is 12.0. The van der Waals surface area contributed by atoms with Gasteiger partial charge in [0.2, 0.25) is 0 Å². The van der Waals surface area contributed by atoms with Gasteiger partial charge in [-0.3, -0.25) is 4.72 Å². The number of H-pyrrole nitrogens is 2. The highest BCUT2D eigenvalue weighted by molar-refractivity contribution is 7.93. The monoisotopic (exact) mass is 354 g/mol. The first-order valence-corrected chi connectivity index (χ1v) is 8.77. The highest BCUT2D eigenvalue weighted by Gasteiger charge is 2.21. The number of benzene rings is 2. The zero-order valence-electron chi connectivity index (χ0n) is 12.7. The predicted octanol–water partition coefficient (Wildman–Crippen LogP) is 3.46. The summed E-state index contributed by atoms with van der Waals surface area (Å²) >= 11 is 0. The van der Waals surface area contributed by atoms with Gasteiger partial charge in [-0.2, -0.15) is 5.26 Å². The molecule has 124 valence electrons. The Morgan fingerprint density at radius 3 is 2.68 bits per heavy atom. The smallest absolute Gasteiger partial charge is 0.264 e. The number of nitrogens with one attached hydrogen (secondary N) is 3.